The minimum Gasteiger partial charge on any atom is -0.319 e. The molecule has 1 heterocycles. The average molecular weight is 258 g/mol. The van der Waals surface area contributed by atoms with Gasteiger partial charge in [-0.2, -0.15) is 0 Å². The van der Waals surface area contributed by atoms with E-state index in [0.29, 0.717) is 23.8 Å². The summed E-state index contributed by atoms with van der Waals surface area (Å²) in [5.74, 6) is 0. The van der Waals surface area contributed by atoms with Crippen LogP contribution >= 0.6 is 0 Å². The fourth-order valence-corrected chi connectivity index (χ4v) is 2.20. The van der Waals surface area contributed by atoms with Crippen molar-refractivity contribution in [3.05, 3.63) is 45.7 Å². The summed E-state index contributed by atoms with van der Waals surface area (Å²) < 4.78 is 1.95. The summed E-state index contributed by atoms with van der Waals surface area (Å²) in [4.78, 5) is 22.7. The number of fused-ring (bicyclic) bond motifs is 1. The molecule has 1 aromatic heterocycles. The molecule has 2 aromatic rings. The highest BCUT2D eigenvalue weighted by Gasteiger charge is 2.08. The molecule has 1 aromatic carbocycles. The van der Waals surface area contributed by atoms with Crippen LogP contribution < -0.4 is 10.4 Å². The number of nitrogens with zero attached hydrogens (tertiary/aromatic N) is 2. The van der Waals surface area contributed by atoms with Gasteiger partial charge in [0.15, 0.2) is 5.43 Å². The SMILES string of the molecule is Cc1cn(N(C)C)c2ccc(CCC=O)cc2c1=O. The van der Waals surface area contributed by atoms with Crippen molar-refractivity contribution >= 4 is 17.2 Å². The molecule has 0 saturated carbocycles. The van der Waals surface area contributed by atoms with Crippen LogP contribution in [0.25, 0.3) is 10.9 Å². The molecule has 0 N–H and O–H groups in total. The van der Waals surface area contributed by atoms with Crippen molar-refractivity contribution in [3.63, 3.8) is 0 Å². The van der Waals surface area contributed by atoms with E-state index < -0.39 is 0 Å². The Hall–Kier alpha value is -2.10. The highest BCUT2D eigenvalue weighted by Crippen LogP contribution is 2.15. The predicted octanol–water partition coefficient (Wildman–Crippen LogP) is 1.64. The van der Waals surface area contributed by atoms with E-state index in [-0.39, 0.29) is 5.43 Å². The summed E-state index contributed by atoms with van der Waals surface area (Å²) in [6.07, 6.45) is 3.91. The maximum Gasteiger partial charge on any atom is 0.192 e. The van der Waals surface area contributed by atoms with Crippen LogP contribution in [0.4, 0.5) is 0 Å². The van der Waals surface area contributed by atoms with Crippen LogP contribution in [0.3, 0.4) is 0 Å². The van der Waals surface area contributed by atoms with Crippen LogP contribution in [-0.4, -0.2) is 25.1 Å². The van der Waals surface area contributed by atoms with E-state index in [1.54, 1.807) is 0 Å². The lowest BCUT2D eigenvalue weighted by Crippen LogP contribution is -2.27. The van der Waals surface area contributed by atoms with Crippen LogP contribution in [0.1, 0.15) is 17.5 Å². The molecule has 2 rings (SSSR count). The van der Waals surface area contributed by atoms with Gasteiger partial charge in [-0.05, 0) is 31.0 Å². The van der Waals surface area contributed by atoms with Crippen molar-refractivity contribution < 1.29 is 4.79 Å². The Morgan fingerprint density at radius 3 is 2.68 bits per heavy atom. The predicted molar refractivity (Wildman–Crippen MR) is 77.4 cm³/mol. The zero-order valence-corrected chi connectivity index (χ0v) is 11.5. The molecule has 0 unspecified atom stereocenters. The Morgan fingerprint density at radius 2 is 2.05 bits per heavy atom. The van der Waals surface area contributed by atoms with Gasteiger partial charge in [0.2, 0.25) is 0 Å². The van der Waals surface area contributed by atoms with Gasteiger partial charge in [0.25, 0.3) is 0 Å². The molecule has 0 amide bonds. The van der Waals surface area contributed by atoms with Crippen molar-refractivity contribution in [1.82, 2.24) is 4.68 Å². The molecule has 19 heavy (non-hydrogen) atoms. The van der Waals surface area contributed by atoms with E-state index in [4.69, 9.17) is 0 Å². The Morgan fingerprint density at radius 1 is 1.32 bits per heavy atom. The number of hydrogen-bond acceptors (Lipinski definition) is 3. The number of rotatable bonds is 4. The van der Waals surface area contributed by atoms with E-state index >= 15 is 0 Å². The lowest BCUT2D eigenvalue weighted by atomic mass is 10.1. The third-order valence-corrected chi connectivity index (χ3v) is 3.21. The second kappa shape index (κ2) is 5.26. The number of pyridine rings is 1. The van der Waals surface area contributed by atoms with Crippen molar-refractivity contribution in [2.75, 3.05) is 19.1 Å². The van der Waals surface area contributed by atoms with E-state index in [1.807, 2.05) is 55.1 Å². The second-order valence-electron chi connectivity index (χ2n) is 4.89. The Bertz CT molecular complexity index is 672. The summed E-state index contributed by atoms with van der Waals surface area (Å²) in [6.45, 7) is 1.82. The number of aromatic nitrogens is 1. The van der Waals surface area contributed by atoms with Crippen molar-refractivity contribution in [2.24, 2.45) is 0 Å². The van der Waals surface area contributed by atoms with E-state index in [9.17, 15) is 9.59 Å². The lowest BCUT2D eigenvalue weighted by Gasteiger charge is -2.20. The summed E-state index contributed by atoms with van der Waals surface area (Å²) in [5.41, 5.74) is 2.68. The molecule has 0 fully saturated rings. The van der Waals surface area contributed by atoms with Gasteiger partial charge in [-0.15, -0.1) is 0 Å². The molecule has 0 atom stereocenters. The number of carbonyl (C=O) groups excluding carboxylic acids is 1. The van der Waals surface area contributed by atoms with Gasteiger partial charge in [0.05, 0.1) is 5.52 Å². The monoisotopic (exact) mass is 258 g/mol. The lowest BCUT2D eigenvalue weighted by molar-refractivity contribution is -0.107. The molecule has 0 radical (unpaired) electrons. The molecule has 100 valence electrons. The molecule has 0 aliphatic carbocycles. The number of benzene rings is 1. The fraction of sp³-hybridized carbons (Fsp3) is 0.333. The average Bonchev–Trinajstić information content (AvgIpc) is 2.40. The zero-order valence-electron chi connectivity index (χ0n) is 11.5. The summed E-state index contributed by atoms with van der Waals surface area (Å²) >= 11 is 0. The first-order valence-electron chi connectivity index (χ1n) is 6.30. The standard InChI is InChI=1S/C15H18N2O2/c1-11-10-17(16(2)3)14-7-6-12(5-4-8-18)9-13(14)15(11)19/h6-10H,4-5H2,1-3H3. The maximum atomic E-state index is 12.2. The molecule has 4 nitrogen and oxygen atoms in total. The highest BCUT2D eigenvalue weighted by atomic mass is 16.1. The van der Waals surface area contributed by atoms with Crippen LogP contribution in [-0.2, 0) is 11.2 Å². The van der Waals surface area contributed by atoms with E-state index in [0.717, 1.165) is 17.4 Å². The molecule has 0 saturated heterocycles. The Labute approximate surface area is 112 Å². The van der Waals surface area contributed by atoms with Crippen LogP contribution in [0.15, 0.2) is 29.2 Å². The summed E-state index contributed by atoms with van der Waals surface area (Å²) in [5, 5.41) is 2.64. The molecular weight excluding hydrogens is 240 g/mol. The number of carbonyl (C=O) groups is 1. The number of hydrogen-bond donors (Lipinski definition) is 0. The molecule has 0 spiro atoms. The third kappa shape index (κ3) is 2.52. The van der Waals surface area contributed by atoms with Gasteiger partial charge in [0.1, 0.15) is 6.29 Å². The van der Waals surface area contributed by atoms with Gasteiger partial charge in [-0.1, -0.05) is 6.07 Å². The topological polar surface area (TPSA) is 42.3 Å². The van der Waals surface area contributed by atoms with Gasteiger partial charge in [0, 0.05) is 37.7 Å². The smallest absolute Gasteiger partial charge is 0.192 e. The van der Waals surface area contributed by atoms with Crippen LogP contribution in [0, 0.1) is 6.92 Å². The largest absolute Gasteiger partial charge is 0.319 e. The van der Waals surface area contributed by atoms with Gasteiger partial charge < -0.3 is 9.80 Å². The van der Waals surface area contributed by atoms with Crippen molar-refractivity contribution in [3.8, 4) is 0 Å². The maximum absolute atomic E-state index is 12.2. The summed E-state index contributed by atoms with van der Waals surface area (Å²) in [7, 11) is 3.87. The van der Waals surface area contributed by atoms with Gasteiger partial charge >= 0.3 is 0 Å². The van der Waals surface area contributed by atoms with E-state index in [1.165, 1.54) is 0 Å². The first-order chi connectivity index (χ1) is 9.04. The minimum absolute atomic E-state index is 0.0565. The molecule has 0 bridgehead atoms. The normalized spacial score (nSPS) is 10.7. The Balaban J connectivity index is 2.67. The molecule has 0 aliphatic heterocycles. The first kappa shape index (κ1) is 13.3. The van der Waals surface area contributed by atoms with Crippen LogP contribution in [0.2, 0.25) is 0 Å². The Kier molecular flexibility index (Phi) is 3.69. The highest BCUT2D eigenvalue weighted by molar-refractivity contribution is 5.80. The third-order valence-electron chi connectivity index (χ3n) is 3.21. The minimum atomic E-state index is 0.0565. The van der Waals surface area contributed by atoms with Gasteiger partial charge in [-0.25, -0.2) is 0 Å². The van der Waals surface area contributed by atoms with Crippen molar-refractivity contribution in [2.45, 2.75) is 19.8 Å². The first-order valence-corrected chi connectivity index (χ1v) is 6.30. The molecular formula is C15H18N2O2. The second-order valence-corrected chi connectivity index (χ2v) is 4.89. The number of aryl methyl sites for hydroxylation is 2. The fourth-order valence-electron chi connectivity index (χ4n) is 2.20. The van der Waals surface area contributed by atoms with Crippen LogP contribution in [0.5, 0.6) is 0 Å². The zero-order chi connectivity index (χ0) is 14.0. The van der Waals surface area contributed by atoms with E-state index in [2.05, 4.69) is 0 Å². The van der Waals surface area contributed by atoms with Crippen molar-refractivity contribution in [1.29, 1.82) is 0 Å². The quantitative estimate of drug-likeness (QED) is 0.783. The summed E-state index contributed by atoms with van der Waals surface area (Å²) in [6, 6.07) is 5.81. The molecule has 0 aliphatic rings. The number of aldehydes is 1. The molecule has 4 heteroatoms. The van der Waals surface area contributed by atoms with Gasteiger partial charge in [-0.3, -0.25) is 9.47 Å².